The molecule has 2 aliphatic heterocycles. The van der Waals surface area contributed by atoms with Gasteiger partial charge >= 0.3 is 0 Å². The Balaban J connectivity index is 1.64. The lowest BCUT2D eigenvalue weighted by molar-refractivity contribution is -0.914. The molecule has 0 bridgehead atoms. The van der Waals surface area contributed by atoms with Crippen LogP contribution < -0.4 is 4.90 Å². The molecule has 0 saturated carbocycles. The molecule has 112 valence electrons. The summed E-state index contributed by atoms with van der Waals surface area (Å²) in [5.74, 6) is -0.325. The van der Waals surface area contributed by atoms with Crippen molar-refractivity contribution >= 4 is 11.8 Å². The van der Waals surface area contributed by atoms with Crippen molar-refractivity contribution in [2.24, 2.45) is 0 Å². The number of fused-ring (bicyclic) bond motifs is 1. The van der Waals surface area contributed by atoms with Crippen molar-refractivity contribution in [3.8, 4) is 0 Å². The van der Waals surface area contributed by atoms with Crippen molar-refractivity contribution in [3.05, 3.63) is 35.4 Å². The van der Waals surface area contributed by atoms with Gasteiger partial charge in [-0.1, -0.05) is 12.1 Å². The molecule has 2 amide bonds. The van der Waals surface area contributed by atoms with E-state index < -0.39 is 0 Å². The van der Waals surface area contributed by atoms with Gasteiger partial charge < -0.3 is 9.64 Å². The summed E-state index contributed by atoms with van der Waals surface area (Å²) in [6.07, 6.45) is 0.455. The highest BCUT2D eigenvalue weighted by Gasteiger charge is 2.36. The summed E-state index contributed by atoms with van der Waals surface area (Å²) in [4.78, 5) is 27.3. The molecule has 2 aliphatic rings. The van der Waals surface area contributed by atoms with Crippen LogP contribution in [0.15, 0.2) is 24.3 Å². The van der Waals surface area contributed by atoms with Crippen LogP contribution in [-0.4, -0.2) is 55.1 Å². The van der Waals surface area contributed by atoms with Crippen molar-refractivity contribution in [1.29, 1.82) is 0 Å². The molecule has 1 N–H and O–H groups in total. The molecule has 1 aromatic carbocycles. The number of amides is 2. The van der Waals surface area contributed by atoms with E-state index in [1.807, 2.05) is 0 Å². The molecule has 2 heterocycles. The molecule has 0 aliphatic carbocycles. The summed E-state index contributed by atoms with van der Waals surface area (Å²) in [5, 5.41) is 0. The highest BCUT2D eigenvalue weighted by molar-refractivity contribution is 6.21. The zero-order valence-corrected chi connectivity index (χ0v) is 12.5. The van der Waals surface area contributed by atoms with Crippen molar-refractivity contribution in [3.63, 3.8) is 0 Å². The van der Waals surface area contributed by atoms with Crippen LogP contribution in [0.3, 0.4) is 0 Å². The smallest absolute Gasteiger partial charge is 0.261 e. The van der Waals surface area contributed by atoms with E-state index in [9.17, 15) is 9.59 Å². The van der Waals surface area contributed by atoms with Crippen LogP contribution in [0.25, 0.3) is 0 Å². The zero-order valence-electron chi connectivity index (χ0n) is 12.5. The predicted octanol–water partition coefficient (Wildman–Crippen LogP) is -0.0253. The molecular weight excluding hydrogens is 268 g/mol. The Labute approximate surface area is 124 Å². The molecule has 5 heteroatoms. The summed E-state index contributed by atoms with van der Waals surface area (Å²) in [6.45, 7) is 7.24. The lowest BCUT2D eigenvalue weighted by Gasteiger charge is -2.33. The fourth-order valence-electron chi connectivity index (χ4n) is 3.31. The van der Waals surface area contributed by atoms with Crippen LogP contribution in [0.4, 0.5) is 0 Å². The highest BCUT2D eigenvalue weighted by atomic mass is 16.5. The van der Waals surface area contributed by atoms with E-state index in [1.54, 1.807) is 24.3 Å². The van der Waals surface area contributed by atoms with Crippen LogP contribution in [0.5, 0.6) is 0 Å². The van der Waals surface area contributed by atoms with Gasteiger partial charge in [-0.05, 0) is 26.0 Å². The number of quaternary nitrogens is 1. The second kappa shape index (κ2) is 5.58. The average molecular weight is 289 g/mol. The molecule has 0 aromatic heterocycles. The van der Waals surface area contributed by atoms with Gasteiger partial charge in [0.15, 0.2) is 0 Å². The van der Waals surface area contributed by atoms with E-state index >= 15 is 0 Å². The molecular formula is C16H21N2O3+. The van der Waals surface area contributed by atoms with E-state index in [0.717, 1.165) is 19.6 Å². The Morgan fingerprint density at radius 1 is 1.10 bits per heavy atom. The molecule has 0 spiro atoms. The minimum absolute atomic E-state index is 0.163. The largest absolute Gasteiger partial charge is 0.364 e. The molecule has 1 aromatic rings. The van der Waals surface area contributed by atoms with Crippen molar-refractivity contribution in [2.45, 2.75) is 26.1 Å². The average Bonchev–Trinajstić information content (AvgIpc) is 2.69. The second-order valence-corrected chi connectivity index (χ2v) is 5.97. The number of hydrogen-bond donors (Lipinski definition) is 1. The van der Waals surface area contributed by atoms with E-state index in [2.05, 4.69) is 13.8 Å². The maximum atomic E-state index is 12.3. The summed E-state index contributed by atoms with van der Waals surface area (Å²) < 4.78 is 5.71. The van der Waals surface area contributed by atoms with E-state index in [0.29, 0.717) is 17.7 Å². The quantitative estimate of drug-likeness (QED) is 0.795. The number of benzene rings is 1. The summed E-state index contributed by atoms with van der Waals surface area (Å²) in [6, 6.07) is 7.04. The third-order valence-corrected chi connectivity index (χ3v) is 4.18. The Morgan fingerprint density at radius 3 is 2.14 bits per heavy atom. The summed E-state index contributed by atoms with van der Waals surface area (Å²) >= 11 is 0. The monoisotopic (exact) mass is 289 g/mol. The summed E-state index contributed by atoms with van der Waals surface area (Å²) in [7, 11) is 0. The minimum Gasteiger partial charge on any atom is -0.364 e. The van der Waals surface area contributed by atoms with Crippen LogP contribution in [-0.2, 0) is 4.74 Å². The van der Waals surface area contributed by atoms with Gasteiger partial charge in [-0.3, -0.25) is 14.5 Å². The SMILES string of the molecule is C[C@@H]1C[NH+](CCN2C(=O)c3ccccc3C2=O)C[C@H](C)O1. The van der Waals surface area contributed by atoms with Gasteiger partial charge in [0, 0.05) is 0 Å². The maximum Gasteiger partial charge on any atom is 0.261 e. The number of morpholine rings is 1. The third-order valence-electron chi connectivity index (χ3n) is 4.18. The third kappa shape index (κ3) is 2.71. The number of hydrogen-bond acceptors (Lipinski definition) is 3. The molecule has 1 unspecified atom stereocenters. The fraction of sp³-hybridized carbons (Fsp3) is 0.500. The predicted molar refractivity (Wildman–Crippen MR) is 77.4 cm³/mol. The molecule has 5 nitrogen and oxygen atoms in total. The Kier molecular flexibility index (Phi) is 3.78. The Hall–Kier alpha value is -1.72. The zero-order chi connectivity index (χ0) is 15.0. The van der Waals surface area contributed by atoms with Gasteiger partial charge in [-0.25, -0.2) is 0 Å². The van der Waals surface area contributed by atoms with Gasteiger partial charge in [0.2, 0.25) is 0 Å². The first-order valence-corrected chi connectivity index (χ1v) is 7.50. The number of ether oxygens (including phenoxy) is 1. The second-order valence-electron chi connectivity index (χ2n) is 5.97. The number of rotatable bonds is 3. The number of imide groups is 1. The van der Waals surface area contributed by atoms with Crippen LogP contribution >= 0.6 is 0 Å². The van der Waals surface area contributed by atoms with E-state index in [4.69, 9.17) is 4.74 Å². The van der Waals surface area contributed by atoms with Crippen molar-refractivity contribution in [2.75, 3.05) is 26.2 Å². The minimum atomic E-state index is -0.163. The lowest BCUT2D eigenvalue weighted by Crippen LogP contribution is -3.16. The molecule has 1 saturated heterocycles. The first kappa shape index (κ1) is 14.2. The first-order valence-electron chi connectivity index (χ1n) is 7.50. The molecule has 1 fully saturated rings. The molecule has 21 heavy (non-hydrogen) atoms. The topological polar surface area (TPSA) is 51.0 Å². The number of carbonyl (C=O) groups excluding carboxylic acids is 2. The van der Waals surface area contributed by atoms with Gasteiger partial charge in [0.1, 0.15) is 25.3 Å². The van der Waals surface area contributed by atoms with Crippen LogP contribution in [0.2, 0.25) is 0 Å². The van der Waals surface area contributed by atoms with Crippen LogP contribution in [0.1, 0.15) is 34.6 Å². The number of carbonyl (C=O) groups is 2. The molecule has 0 radical (unpaired) electrons. The summed E-state index contributed by atoms with van der Waals surface area (Å²) in [5.41, 5.74) is 1.06. The highest BCUT2D eigenvalue weighted by Crippen LogP contribution is 2.21. The Bertz CT molecular complexity index is 527. The standard InChI is InChI=1S/C16H20N2O3/c1-11-9-17(10-12(2)21-11)7-8-18-15(19)13-5-3-4-6-14(13)16(18)20/h3-6,11-12H,7-10H2,1-2H3/p+1/t11-,12+. The first-order chi connectivity index (χ1) is 10.1. The lowest BCUT2D eigenvalue weighted by atomic mass is 10.1. The van der Waals surface area contributed by atoms with Gasteiger partial charge in [-0.2, -0.15) is 0 Å². The Morgan fingerprint density at radius 2 is 1.62 bits per heavy atom. The van der Waals surface area contributed by atoms with E-state index in [1.165, 1.54) is 9.80 Å². The maximum absolute atomic E-state index is 12.3. The van der Waals surface area contributed by atoms with Crippen molar-refractivity contribution < 1.29 is 19.2 Å². The van der Waals surface area contributed by atoms with E-state index in [-0.39, 0.29) is 24.0 Å². The fourth-order valence-corrected chi connectivity index (χ4v) is 3.31. The molecule has 3 rings (SSSR count). The van der Waals surface area contributed by atoms with Crippen LogP contribution in [0, 0.1) is 0 Å². The number of nitrogens with one attached hydrogen (secondary N) is 1. The van der Waals surface area contributed by atoms with Gasteiger partial charge in [-0.15, -0.1) is 0 Å². The number of nitrogens with zero attached hydrogens (tertiary/aromatic N) is 1. The van der Waals surface area contributed by atoms with Gasteiger partial charge in [0.05, 0.1) is 24.2 Å². The molecule has 3 atom stereocenters. The van der Waals surface area contributed by atoms with Crippen molar-refractivity contribution in [1.82, 2.24) is 4.90 Å². The van der Waals surface area contributed by atoms with Gasteiger partial charge in [0.25, 0.3) is 11.8 Å². The normalized spacial score (nSPS) is 28.9.